The van der Waals surface area contributed by atoms with E-state index in [-0.39, 0.29) is 10.6 Å². The third-order valence-corrected chi connectivity index (χ3v) is 2.55. The topological polar surface area (TPSA) is 38.7 Å². The molecule has 0 spiro atoms. The summed E-state index contributed by atoms with van der Waals surface area (Å²) in [6.45, 7) is 4.29. The minimum Gasteiger partial charge on any atom is -0.490 e. The fourth-order valence-corrected chi connectivity index (χ4v) is 1.72. The van der Waals surface area contributed by atoms with E-state index in [1.165, 1.54) is 12.1 Å². The predicted molar refractivity (Wildman–Crippen MR) is 64.8 cm³/mol. The molecule has 0 radical (unpaired) electrons. The molecule has 0 heterocycles. The van der Waals surface area contributed by atoms with Crippen LogP contribution in [0.2, 0.25) is 5.02 Å². The van der Waals surface area contributed by atoms with Crippen LogP contribution in [0.4, 0.5) is 8.78 Å². The lowest BCUT2D eigenvalue weighted by molar-refractivity contribution is -0.00586. The van der Waals surface area contributed by atoms with Gasteiger partial charge in [0.2, 0.25) is 0 Å². The van der Waals surface area contributed by atoms with Crippen LogP contribution in [0.15, 0.2) is 12.1 Å². The van der Waals surface area contributed by atoms with Crippen LogP contribution in [0.3, 0.4) is 0 Å². The van der Waals surface area contributed by atoms with Gasteiger partial charge in [-0.25, -0.2) is 8.78 Å². The minimum atomic E-state index is -2.91. The van der Waals surface area contributed by atoms with Gasteiger partial charge in [0.1, 0.15) is 6.10 Å². The van der Waals surface area contributed by atoms with Gasteiger partial charge >= 0.3 is 0 Å². The van der Waals surface area contributed by atoms with Gasteiger partial charge in [-0.15, -0.1) is 0 Å². The summed E-state index contributed by atoms with van der Waals surface area (Å²) < 4.78 is 35.5. The zero-order valence-corrected chi connectivity index (χ0v) is 10.9. The zero-order valence-electron chi connectivity index (χ0n) is 10.1. The highest BCUT2D eigenvalue weighted by molar-refractivity contribution is 6.31. The Morgan fingerprint density at radius 3 is 2.11 bits per heavy atom. The Bertz CT molecular complexity index is 399. The first-order chi connectivity index (χ1) is 8.51. The molecule has 3 nitrogen and oxygen atoms in total. The molecule has 1 aromatic rings. The molecule has 0 aliphatic carbocycles. The Balaban J connectivity index is 3.17. The summed E-state index contributed by atoms with van der Waals surface area (Å²) in [4.78, 5) is 0. The van der Waals surface area contributed by atoms with E-state index < -0.39 is 12.5 Å². The third-order valence-electron chi connectivity index (χ3n) is 2.22. The fraction of sp³-hybridized carbons (Fsp3) is 0.500. The first-order valence-electron chi connectivity index (χ1n) is 5.56. The largest absolute Gasteiger partial charge is 0.490 e. The number of benzene rings is 1. The average molecular weight is 281 g/mol. The summed E-state index contributed by atoms with van der Waals surface area (Å²) in [5.41, 5.74) is -0.0708. The molecule has 1 aromatic carbocycles. The average Bonchev–Trinajstić information content (AvgIpc) is 2.32. The second-order valence-corrected chi connectivity index (χ2v) is 3.87. The number of ether oxygens (including phenoxy) is 2. The van der Waals surface area contributed by atoms with Crippen molar-refractivity contribution in [3.8, 4) is 11.5 Å². The lowest BCUT2D eigenvalue weighted by Crippen LogP contribution is -2.09. The summed E-state index contributed by atoms with van der Waals surface area (Å²) in [5.74, 6) is 0.660. The van der Waals surface area contributed by atoms with Crippen molar-refractivity contribution in [1.29, 1.82) is 0 Å². The molecule has 18 heavy (non-hydrogen) atoms. The number of aliphatic hydroxyl groups excluding tert-OH is 1. The lowest BCUT2D eigenvalue weighted by Gasteiger charge is -2.16. The smallest absolute Gasteiger partial charge is 0.268 e. The van der Waals surface area contributed by atoms with Crippen LogP contribution in [0.5, 0.6) is 11.5 Å². The van der Waals surface area contributed by atoms with Crippen LogP contribution in [-0.2, 0) is 0 Å². The standard InChI is InChI=1S/C12H15ClF2O3/c1-3-17-9-5-7(11(16)12(14)15)8(13)6-10(9)18-4-2/h5-6,11-12,16H,3-4H2,1-2H3. The van der Waals surface area contributed by atoms with Gasteiger partial charge in [0, 0.05) is 11.6 Å². The highest BCUT2D eigenvalue weighted by Gasteiger charge is 2.24. The molecule has 0 fully saturated rings. The van der Waals surface area contributed by atoms with Gasteiger partial charge in [0.25, 0.3) is 6.43 Å². The van der Waals surface area contributed by atoms with Crippen molar-refractivity contribution in [2.75, 3.05) is 13.2 Å². The molecular weight excluding hydrogens is 266 g/mol. The molecule has 0 aliphatic heterocycles. The Morgan fingerprint density at radius 2 is 1.67 bits per heavy atom. The Hall–Kier alpha value is -1.07. The molecule has 1 rings (SSSR count). The van der Waals surface area contributed by atoms with Crippen LogP contribution in [-0.4, -0.2) is 24.7 Å². The molecule has 0 bridgehead atoms. The molecule has 0 aliphatic rings. The van der Waals surface area contributed by atoms with Crippen molar-refractivity contribution in [3.05, 3.63) is 22.7 Å². The van der Waals surface area contributed by atoms with Gasteiger partial charge in [-0.2, -0.15) is 0 Å². The maximum atomic E-state index is 12.5. The molecule has 0 saturated carbocycles. The SMILES string of the molecule is CCOc1cc(Cl)c(C(O)C(F)F)cc1OCC. The molecule has 1 atom stereocenters. The van der Waals surface area contributed by atoms with E-state index in [1.54, 1.807) is 13.8 Å². The molecule has 6 heteroatoms. The maximum Gasteiger partial charge on any atom is 0.268 e. The van der Waals surface area contributed by atoms with E-state index in [9.17, 15) is 13.9 Å². The summed E-state index contributed by atoms with van der Waals surface area (Å²) in [7, 11) is 0. The van der Waals surface area contributed by atoms with Crippen molar-refractivity contribution < 1.29 is 23.4 Å². The Labute approximate surface area is 109 Å². The fourth-order valence-electron chi connectivity index (χ4n) is 1.45. The van der Waals surface area contributed by atoms with Gasteiger partial charge in [0.05, 0.1) is 18.2 Å². The number of aliphatic hydroxyl groups is 1. The van der Waals surface area contributed by atoms with Gasteiger partial charge in [-0.1, -0.05) is 11.6 Å². The summed E-state index contributed by atoms with van der Waals surface area (Å²) in [5, 5.41) is 9.38. The van der Waals surface area contributed by atoms with Crippen LogP contribution in [0.1, 0.15) is 25.5 Å². The summed E-state index contributed by atoms with van der Waals surface area (Å²) in [6, 6.07) is 2.66. The Kier molecular flexibility index (Phi) is 5.62. The molecule has 1 unspecified atom stereocenters. The second-order valence-electron chi connectivity index (χ2n) is 3.47. The highest BCUT2D eigenvalue weighted by atomic mass is 35.5. The van der Waals surface area contributed by atoms with Gasteiger partial charge in [0.15, 0.2) is 11.5 Å². The third kappa shape index (κ3) is 3.46. The van der Waals surface area contributed by atoms with E-state index in [4.69, 9.17) is 21.1 Å². The number of alkyl halides is 2. The monoisotopic (exact) mass is 280 g/mol. The van der Waals surface area contributed by atoms with E-state index in [1.807, 2.05) is 0 Å². The lowest BCUT2D eigenvalue weighted by atomic mass is 10.1. The molecule has 0 amide bonds. The molecule has 102 valence electrons. The molecule has 1 N–H and O–H groups in total. The Morgan fingerprint density at radius 1 is 1.17 bits per heavy atom. The molecular formula is C12H15ClF2O3. The minimum absolute atomic E-state index is 0.0229. The number of hydrogen-bond acceptors (Lipinski definition) is 3. The van der Waals surface area contributed by atoms with E-state index in [2.05, 4.69) is 0 Å². The second kappa shape index (κ2) is 6.75. The van der Waals surface area contributed by atoms with Crippen molar-refractivity contribution in [2.45, 2.75) is 26.4 Å². The van der Waals surface area contributed by atoms with Gasteiger partial charge in [-0.05, 0) is 19.9 Å². The van der Waals surface area contributed by atoms with Crippen LogP contribution in [0, 0.1) is 0 Å². The summed E-state index contributed by atoms with van der Waals surface area (Å²) in [6.07, 6.45) is -4.85. The van der Waals surface area contributed by atoms with Crippen LogP contribution in [0.25, 0.3) is 0 Å². The summed E-state index contributed by atoms with van der Waals surface area (Å²) >= 11 is 5.85. The zero-order chi connectivity index (χ0) is 13.7. The van der Waals surface area contributed by atoms with Crippen LogP contribution >= 0.6 is 11.6 Å². The predicted octanol–water partition coefficient (Wildman–Crippen LogP) is 3.44. The number of hydrogen-bond donors (Lipinski definition) is 1. The number of rotatable bonds is 6. The van der Waals surface area contributed by atoms with Gasteiger partial charge in [-0.3, -0.25) is 0 Å². The van der Waals surface area contributed by atoms with Crippen molar-refractivity contribution >= 4 is 11.6 Å². The first-order valence-corrected chi connectivity index (χ1v) is 5.94. The van der Waals surface area contributed by atoms with Crippen molar-refractivity contribution in [1.82, 2.24) is 0 Å². The van der Waals surface area contributed by atoms with Crippen molar-refractivity contribution in [3.63, 3.8) is 0 Å². The van der Waals surface area contributed by atoms with E-state index >= 15 is 0 Å². The van der Waals surface area contributed by atoms with Gasteiger partial charge < -0.3 is 14.6 Å². The number of halogens is 3. The van der Waals surface area contributed by atoms with E-state index in [0.29, 0.717) is 24.7 Å². The molecule has 0 aromatic heterocycles. The van der Waals surface area contributed by atoms with E-state index in [0.717, 1.165) is 0 Å². The maximum absolute atomic E-state index is 12.5. The quantitative estimate of drug-likeness (QED) is 0.867. The first kappa shape index (κ1) is 15.0. The highest BCUT2D eigenvalue weighted by Crippen LogP contribution is 2.37. The normalized spacial score (nSPS) is 12.6. The van der Waals surface area contributed by atoms with Crippen molar-refractivity contribution in [2.24, 2.45) is 0 Å². The van der Waals surface area contributed by atoms with Crippen LogP contribution < -0.4 is 9.47 Å². The molecule has 0 saturated heterocycles.